The fourth-order valence-electron chi connectivity index (χ4n) is 1.99. The van der Waals surface area contributed by atoms with Gasteiger partial charge in [0.25, 0.3) is 0 Å². The van der Waals surface area contributed by atoms with Gasteiger partial charge in [0, 0.05) is 19.0 Å². The van der Waals surface area contributed by atoms with Crippen molar-refractivity contribution in [2.24, 2.45) is 5.73 Å². The number of rotatable bonds is 7. The third-order valence-corrected chi connectivity index (χ3v) is 3.13. The van der Waals surface area contributed by atoms with Crippen LogP contribution in [0, 0.1) is 0 Å². The molecule has 0 bridgehead atoms. The Kier molecular flexibility index (Phi) is 6.68. The minimum Gasteiger partial charge on any atom is -0.334 e. The molecular weight excluding hydrogens is 281 g/mol. The Morgan fingerprint density at radius 1 is 1.29 bits per heavy atom. The molecule has 3 nitrogen and oxygen atoms in total. The van der Waals surface area contributed by atoms with Crippen LogP contribution < -0.4 is 5.73 Å². The monoisotopic (exact) mass is 302 g/mol. The summed E-state index contributed by atoms with van der Waals surface area (Å²) in [5.74, 6) is -0.558. The number of halogens is 3. The van der Waals surface area contributed by atoms with E-state index < -0.39 is 24.7 Å². The Morgan fingerprint density at radius 2 is 1.90 bits per heavy atom. The van der Waals surface area contributed by atoms with Gasteiger partial charge < -0.3 is 10.6 Å². The molecule has 1 amide bonds. The van der Waals surface area contributed by atoms with Gasteiger partial charge in [-0.25, -0.2) is 0 Å². The largest absolute Gasteiger partial charge is 0.406 e. The maximum Gasteiger partial charge on any atom is 0.406 e. The molecule has 1 rings (SSSR count). The minimum atomic E-state index is -4.39. The Bertz CT molecular complexity index is 434. The molecule has 2 N–H and O–H groups in total. The molecule has 0 saturated carbocycles. The second-order valence-electron chi connectivity index (χ2n) is 5.01. The van der Waals surface area contributed by atoms with Crippen LogP contribution in [0.15, 0.2) is 30.3 Å². The van der Waals surface area contributed by atoms with E-state index in [-0.39, 0.29) is 13.0 Å². The lowest BCUT2D eigenvalue weighted by Crippen LogP contribution is -2.40. The van der Waals surface area contributed by atoms with Gasteiger partial charge in [0.1, 0.15) is 6.54 Å². The number of carbonyl (C=O) groups is 1. The first-order valence-electron chi connectivity index (χ1n) is 6.98. The van der Waals surface area contributed by atoms with Gasteiger partial charge >= 0.3 is 6.18 Å². The van der Waals surface area contributed by atoms with E-state index in [0.29, 0.717) is 6.42 Å². The fourth-order valence-corrected chi connectivity index (χ4v) is 1.99. The van der Waals surface area contributed by atoms with Gasteiger partial charge in [-0.05, 0) is 12.0 Å². The molecule has 0 saturated heterocycles. The van der Waals surface area contributed by atoms with Crippen molar-refractivity contribution in [2.75, 3.05) is 13.1 Å². The molecule has 0 aromatic heterocycles. The highest BCUT2D eigenvalue weighted by Gasteiger charge is 2.33. The SMILES string of the molecule is CCCCN(CC(F)(F)F)C(=O)CC(N)c1ccccc1. The van der Waals surface area contributed by atoms with E-state index in [1.54, 1.807) is 24.3 Å². The molecule has 1 unspecified atom stereocenters. The zero-order valence-electron chi connectivity index (χ0n) is 12.1. The third-order valence-electron chi connectivity index (χ3n) is 3.13. The highest BCUT2D eigenvalue weighted by Crippen LogP contribution is 2.20. The average molecular weight is 302 g/mol. The number of amides is 1. The Balaban J connectivity index is 2.67. The lowest BCUT2D eigenvalue weighted by molar-refractivity contribution is -0.161. The molecule has 1 aromatic rings. The van der Waals surface area contributed by atoms with Crippen molar-refractivity contribution in [2.45, 2.75) is 38.4 Å². The van der Waals surface area contributed by atoms with Crippen molar-refractivity contribution in [1.29, 1.82) is 0 Å². The zero-order valence-corrected chi connectivity index (χ0v) is 12.1. The summed E-state index contributed by atoms with van der Waals surface area (Å²) in [5, 5.41) is 0. The van der Waals surface area contributed by atoms with Crippen LogP contribution in [0.3, 0.4) is 0 Å². The summed E-state index contributed by atoms with van der Waals surface area (Å²) >= 11 is 0. The van der Waals surface area contributed by atoms with E-state index in [2.05, 4.69) is 0 Å². The molecule has 0 aliphatic heterocycles. The van der Waals surface area contributed by atoms with Gasteiger partial charge in [-0.3, -0.25) is 4.79 Å². The summed E-state index contributed by atoms with van der Waals surface area (Å²) in [6.07, 6.45) is -3.24. The lowest BCUT2D eigenvalue weighted by atomic mass is 10.0. The molecular formula is C15H21F3N2O. The van der Waals surface area contributed by atoms with E-state index in [1.165, 1.54) is 0 Å². The quantitative estimate of drug-likeness (QED) is 0.840. The molecule has 118 valence electrons. The first kappa shape index (κ1) is 17.5. The van der Waals surface area contributed by atoms with Crippen molar-refractivity contribution in [3.63, 3.8) is 0 Å². The number of hydrogen-bond donors (Lipinski definition) is 1. The number of nitrogens with zero attached hydrogens (tertiary/aromatic N) is 1. The van der Waals surface area contributed by atoms with Crippen molar-refractivity contribution >= 4 is 5.91 Å². The van der Waals surface area contributed by atoms with E-state index in [9.17, 15) is 18.0 Å². The summed E-state index contributed by atoms with van der Waals surface area (Å²) in [5.41, 5.74) is 6.64. The predicted octanol–water partition coefficient (Wildman–Crippen LogP) is 3.27. The second kappa shape index (κ2) is 8.02. The summed E-state index contributed by atoms with van der Waals surface area (Å²) in [6.45, 7) is 0.760. The molecule has 0 heterocycles. The number of carbonyl (C=O) groups excluding carboxylic acids is 1. The van der Waals surface area contributed by atoms with Crippen molar-refractivity contribution in [1.82, 2.24) is 4.90 Å². The lowest BCUT2D eigenvalue weighted by Gasteiger charge is -2.25. The van der Waals surface area contributed by atoms with Crippen LogP contribution in [0.2, 0.25) is 0 Å². The maximum absolute atomic E-state index is 12.5. The van der Waals surface area contributed by atoms with Gasteiger partial charge in [0.05, 0.1) is 0 Å². The summed E-state index contributed by atoms with van der Waals surface area (Å²) in [4.78, 5) is 12.9. The normalized spacial score (nSPS) is 13.0. The smallest absolute Gasteiger partial charge is 0.334 e. The molecule has 0 fully saturated rings. The van der Waals surface area contributed by atoms with Crippen molar-refractivity contribution in [3.05, 3.63) is 35.9 Å². The van der Waals surface area contributed by atoms with Gasteiger partial charge in [-0.1, -0.05) is 43.7 Å². The van der Waals surface area contributed by atoms with Gasteiger partial charge in [0.15, 0.2) is 0 Å². The fraction of sp³-hybridized carbons (Fsp3) is 0.533. The molecule has 0 aliphatic rings. The van der Waals surface area contributed by atoms with Crippen LogP contribution in [0.5, 0.6) is 0 Å². The number of alkyl halides is 3. The molecule has 6 heteroatoms. The topological polar surface area (TPSA) is 46.3 Å². The van der Waals surface area contributed by atoms with Gasteiger partial charge in [-0.2, -0.15) is 13.2 Å². The van der Waals surface area contributed by atoms with E-state index in [1.807, 2.05) is 13.0 Å². The van der Waals surface area contributed by atoms with Crippen LogP contribution in [-0.4, -0.2) is 30.1 Å². The molecule has 0 radical (unpaired) electrons. The summed E-state index contributed by atoms with van der Waals surface area (Å²) in [7, 11) is 0. The standard InChI is InChI=1S/C15H21F3N2O/c1-2-3-9-20(11-15(16,17)18)14(21)10-13(19)12-7-5-4-6-8-12/h4-8,13H,2-3,9-11,19H2,1H3. The van der Waals surface area contributed by atoms with Crippen LogP contribution in [0.25, 0.3) is 0 Å². The Hall–Kier alpha value is -1.56. The van der Waals surface area contributed by atoms with Gasteiger partial charge in [-0.15, -0.1) is 0 Å². The number of benzene rings is 1. The van der Waals surface area contributed by atoms with Gasteiger partial charge in [0.2, 0.25) is 5.91 Å². The maximum atomic E-state index is 12.5. The molecule has 21 heavy (non-hydrogen) atoms. The zero-order chi connectivity index (χ0) is 15.9. The highest BCUT2D eigenvalue weighted by atomic mass is 19.4. The van der Waals surface area contributed by atoms with Crippen LogP contribution >= 0.6 is 0 Å². The number of nitrogens with two attached hydrogens (primary N) is 1. The average Bonchev–Trinajstić information content (AvgIpc) is 2.43. The third kappa shape index (κ3) is 6.62. The van der Waals surface area contributed by atoms with Crippen molar-refractivity contribution in [3.8, 4) is 0 Å². The van der Waals surface area contributed by atoms with E-state index in [0.717, 1.165) is 16.9 Å². The Labute approximate surface area is 122 Å². The predicted molar refractivity (Wildman–Crippen MR) is 75.5 cm³/mol. The van der Waals surface area contributed by atoms with E-state index >= 15 is 0 Å². The number of hydrogen-bond acceptors (Lipinski definition) is 2. The van der Waals surface area contributed by atoms with Crippen LogP contribution in [0.1, 0.15) is 37.8 Å². The molecule has 1 atom stereocenters. The first-order chi connectivity index (χ1) is 9.83. The van der Waals surface area contributed by atoms with Crippen molar-refractivity contribution < 1.29 is 18.0 Å². The summed E-state index contributed by atoms with van der Waals surface area (Å²) in [6, 6.07) is 8.32. The van der Waals surface area contributed by atoms with E-state index in [4.69, 9.17) is 5.73 Å². The Morgan fingerprint density at radius 3 is 2.43 bits per heavy atom. The minimum absolute atomic E-state index is 0.107. The molecule has 0 spiro atoms. The molecule has 0 aliphatic carbocycles. The second-order valence-corrected chi connectivity index (χ2v) is 5.01. The first-order valence-corrected chi connectivity index (χ1v) is 6.98. The summed E-state index contributed by atoms with van der Waals surface area (Å²) < 4.78 is 37.6. The van der Waals surface area contributed by atoms with Crippen LogP contribution in [0.4, 0.5) is 13.2 Å². The van der Waals surface area contributed by atoms with Crippen LogP contribution in [-0.2, 0) is 4.79 Å². The number of unbranched alkanes of at least 4 members (excludes halogenated alkanes) is 1. The molecule has 1 aromatic carbocycles. The highest BCUT2D eigenvalue weighted by molar-refractivity contribution is 5.77.